The molecule has 0 aromatic heterocycles. The van der Waals surface area contributed by atoms with E-state index in [2.05, 4.69) is 5.14 Å². The maximum absolute atomic E-state index is 12.7. The Labute approximate surface area is 108 Å². The normalized spacial score (nSPS) is 13.3. The second-order valence-corrected chi connectivity index (χ2v) is 5.10. The lowest BCUT2D eigenvalue weighted by atomic mass is 10.1. The summed E-state index contributed by atoms with van der Waals surface area (Å²) < 4.78 is 97.4. The largest absolute Gasteiger partial charge is 0.417 e. The van der Waals surface area contributed by atoms with Crippen molar-refractivity contribution in [1.82, 2.24) is 0 Å². The second kappa shape index (κ2) is 4.74. The Bertz CT molecular complexity index is 647. The highest BCUT2D eigenvalue weighted by atomic mass is 32.2. The van der Waals surface area contributed by atoms with Crippen molar-refractivity contribution in [2.24, 2.45) is 5.14 Å². The van der Waals surface area contributed by atoms with Gasteiger partial charge in [0.15, 0.2) is 6.29 Å². The molecule has 0 fully saturated rings. The monoisotopic (exact) mass is 321 g/mol. The van der Waals surface area contributed by atoms with E-state index in [9.17, 15) is 39.6 Å². The number of carbonyl (C=O) groups is 1. The summed E-state index contributed by atoms with van der Waals surface area (Å²) in [4.78, 5) is 8.89. The van der Waals surface area contributed by atoms with Crippen molar-refractivity contribution >= 4 is 16.3 Å². The number of alkyl halides is 6. The summed E-state index contributed by atoms with van der Waals surface area (Å²) in [7, 11) is -5.04. The highest BCUT2D eigenvalue weighted by Crippen LogP contribution is 2.39. The molecule has 112 valence electrons. The molecular weight excluding hydrogens is 316 g/mol. The fourth-order valence-corrected chi connectivity index (χ4v) is 2.35. The van der Waals surface area contributed by atoms with Gasteiger partial charge in [0, 0.05) is 5.56 Å². The number of primary sulfonamides is 1. The van der Waals surface area contributed by atoms with Gasteiger partial charge < -0.3 is 0 Å². The maximum atomic E-state index is 12.7. The molecule has 0 aliphatic carbocycles. The Morgan fingerprint density at radius 2 is 1.50 bits per heavy atom. The summed E-state index contributed by atoms with van der Waals surface area (Å²) in [5.41, 5.74) is -5.26. The minimum absolute atomic E-state index is 0.0119. The third-order valence-corrected chi connectivity index (χ3v) is 3.19. The summed E-state index contributed by atoms with van der Waals surface area (Å²) in [5, 5.41) is 4.52. The zero-order valence-corrected chi connectivity index (χ0v) is 10.0. The van der Waals surface area contributed by atoms with Crippen molar-refractivity contribution in [2.45, 2.75) is 17.2 Å². The lowest BCUT2D eigenvalue weighted by Gasteiger charge is -2.16. The van der Waals surface area contributed by atoms with Crippen molar-refractivity contribution in [3.63, 3.8) is 0 Å². The first-order chi connectivity index (χ1) is 8.78. The zero-order valence-electron chi connectivity index (χ0n) is 9.21. The highest BCUT2D eigenvalue weighted by Gasteiger charge is 2.42. The fraction of sp³-hybridized carbons (Fsp3) is 0.222. The molecule has 0 aliphatic heterocycles. The molecule has 1 rings (SSSR count). The molecule has 0 saturated heterocycles. The molecule has 0 radical (unpaired) electrons. The van der Waals surface area contributed by atoms with Crippen molar-refractivity contribution in [1.29, 1.82) is 0 Å². The van der Waals surface area contributed by atoms with Crippen LogP contribution in [0.4, 0.5) is 26.3 Å². The summed E-state index contributed by atoms with van der Waals surface area (Å²) in [6, 6.07) is -0.422. The first-order valence-corrected chi connectivity index (χ1v) is 6.13. The van der Waals surface area contributed by atoms with Crippen LogP contribution in [0.1, 0.15) is 21.5 Å². The van der Waals surface area contributed by atoms with Crippen LogP contribution in [0.2, 0.25) is 0 Å². The number of rotatable bonds is 2. The molecule has 2 N–H and O–H groups in total. The number of hydrogen-bond donors (Lipinski definition) is 1. The van der Waals surface area contributed by atoms with Gasteiger partial charge in [-0.25, -0.2) is 13.6 Å². The standard InChI is InChI=1S/C9H5F6NO3S/c10-8(11,12)5-1-4(3-17)7(20(16,18)19)6(2-5)9(13,14)15/h1-3H,(H2,16,18,19). The van der Waals surface area contributed by atoms with Crippen molar-refractivity contribution in [3.8, 4) is 0 Å². The molecule has 1 aromatic carbocycles. The van der Waals surface area contributed by atoms with Crippen molar-refractivity contribution in [3.05, 3.63) is 28.8 Å². The van der Waals surface area contributed by atoms with E-state index in [1.165, 1.54) is 0 Å². The number of sulfonamides is 1. The van der Waals surface area contributed by atoms with Crippen LogP contribution in [-0.2, 0) is 22.4 Å². The van der Waals surface area contributed by atoms with Gasteiger partial charge in [0.1, 0.15) is 4.90 Å². The summed E-state index contributed by atoms with van der Waals surface area (Å²) in [6.45, 7) is 0. The molecule has 4 nitrogen and oxygen atoms in total. The van der Waals surface area contributed by atoms with Gasteiger partial charge >= 0.3 is 12.4 Å². The smallest absolute Gasteiger partial charge is 0.298 e. The average molecular weight is 321 g/mol. The van der Waals surface area contributed by atoms with Crippen molar-refractivity contribution < 1.29 is 39.6 Å². The Hall–Kier alpha value is -1.62. The maximum Gasteiger partial charge on any atom is 0.417 e. The Morgan fingerprint density at radius 3 is 1.80 bits per heavy atom. The topological polar surface area (TPSA) is 77.2 Å². The zero-order chi connectivity index (χ0) is 15.9. The van der Waals surface area contributed by atoms with E-state index in [1.807, 2.05) is 0 Å². The van der Waals surface area contributed by atoms with Gasteiger partial charge in [-0.15, -0.1) is 0 Å². The molecule has 11 heteroatoms. The third-order valence-electron chi connectivity index (χ3n) is 2.16. The van der Waals surface area contributed by atoms with E-state index in [0.717, 1.165) is 0 Å². The molecule has 20 heavy (non-hydrogen) atoms. The minimum Gasteiger partial charge on any atom is -0.298 e. The second-order valence-electron chi connectivity index (χ2n) is 3.60. The van der Waals surface area contributed by atoms with E-state index in [0.29, 0.717) is 0 Å². The molecule has 0 spiro atoms. The molecule has 0 amide bonds. The first kappa shape index (κ1) is 16.4. The highest BCUT2D eigenvalue weighted by molar-refractivity contribution is 7.89. The van der Waals surface area contributed by atoms with Gasteiger partial charge in [-0.05, 0) is 12.1 Å². The predicted octanol–water partition coefficient (Wildman–Crippen LogP) is 2.18. The molecule has 0 unspecified atom stereocenters. The van der Waals surface area contributed by atoms with Crippen LogP contribution < -0.4 is 5.14 Å². The molecule has 0 saturated carbocycles. The van der Waals surface area contributed by atoms with E-state index in [4.69, 9.17) is 0 Å². The van der Waals surface area contributed by atoms with E-state index < -0.39 is 56.3 Å². The summed E-state index contributed by atoms with van der Waals surface area (Å²) >= 11 is 0. The number of hydrogen-bond acceptors (Lipinski definition) is 3. The lowest BCUT2D eigenvalue weighted by molar-refractivity contribution is -0.144. The van der Waals surface area contributed by atoms with Crippen LogP contribution in [0.3, 0.4) is 0 Å². The van der Waals surface area contributed by atoms with E-state index in [-0.39, 0.29) is 6.07 Å². The lowest BCUT2D eigenvalue weighted by Crippen LogP contribution is -2.22. The summed E-state index contributed by atoms with van der Waals surface area (Å²) in [6.07, 6.45) is -11.1. The van der Waals surface area contributed by atoms with Crippen LogP contribution >= 0.6 is 0 Å². The SMILES string of the molecule is NS(=O)(=O)c1c(C=O)cc(C(F)(F)F)cc1C(F)(F)F. The van der Waals surface area contributed by atoms with Gasteiger partial charge in [0.05, 0.1) is 11.1 Å². The van der Waals surface area contributed by atoms with Gasteiger partial charge in [0.25, 0.3) is 0 Å². The Balaban J connectivity index is 3.90. The average Bonchev–Trinajstić information content (AvgIpc) is 2.23. The van der Waals surface area contributed by atoms with E-state index >= 15 is 0 Å². The third kappa shape index (κ3) is 3.28. The number of carbonyl (C=O) groups excluding carboxylic acids is 1. The van der Waals surface area contributed by atoms with Gasteiger partial charge in [-0.3, -0.25) is 4.79 Å². The number of aldehydes is 1. The summed E-state index contributed by atoms with van der Waals surface area (Å²) in [5.74, 6) is 0. The Morgan fingerprint density at radius 1 is 1.00 bits per heavy atom. The number of benzene rings is 1. The molecule has 0 aliphatic rings. The fourth-order valence-electron chi connectivity index (χ4n) is 1.43. The molecule has 0 bridgehead atoms. The van der Waals surface area contributed by atoms with Gasteiger partial charge in [-0.1, -0.05) is 0 Å². The quantitative estimate of drug-likeness (QED) is 0.670. The Kier molecular flexibility index (Phi) is 3.89. The van der Waals surface area contributed by atoms with Gasteiger partial charge in [-0.2, -0.15) is 26.3 Å². The molecule has 0 heterocycles. The predicted molar refractivity (Wildman–Crippen MR) is 53.2 cm³/mol. The molecule has 1 aromatic rings. The number of nitrogens with two attached hydrogens (primary N) is 1. The van der Waals surface area contributed by atoms with Crippen molar-refractivity contribution in [2.75, 3.05) is 0 Å². The number of halogens is 6. The van der Waals surface area contributed by atoms with Crippen LogP contribution in [0.5, 0.6) is 0 Å². The van der Waals surface area contributed by atoms with Crippen LogP contribution in [-0.4, -0.2) is 14.7 Å². The molecular formula is C9H5F6NO3S. The molecule has 0 atom stereocenters. The van der Waals surface area contributed by atoms with Gasteiger partial charge in [0.2, 0.25) is 10.0 Å². The first-order valence-electron chi connectivity index (χ1n) is 4.59. The van der Waals surface area contributed by atoms with Crippen LogP contribution in [0, 0.1) is 0 Å². The van der Waals surface area contributed by atoms with Crippen LogP contribution in [0.15, 0.2) is 17.0 Å². The minimum atomic E-state index is -5.43. The van der Waals surface area contributed by atoms with Crippen LogP contribution in [0.25, 0.3) is 0 Å². The van der Waals surface area contributed by atoms with E-state index in [1.54, 1.807) is 0 Å².